The normalized spacial score (nSPS) is 23.8. The summed E-state index contributed by atoms with van der Waals surface area (Å²) in [4.78, 5) is 15.2. The molecular formula is C25H32ClN3O3S. The van der Waals surface area contributed by atoms with Gasteiger partial charge in [0.25, 0.3) is 0 Å². The molecule has 0 radical (unpaired) electrons. The highest BCUT2D eigenvalue weighted by Crippen LogP contribution is 2.40. The lowest BCUT2D eigenvalue weighted by Crippen LogP contribution is -2.50. The van der Waals surface area contributed by atoms with E-state index in [-0.39, 0.29) is 17.0 Å². The molecule has 2 N–H and O–H groups in total. The van der Waals surface area contributed by atoms with Gasteiger partial charge in [0.05, 0.1) is 4.90 Å². The Balaban J connectivity index is 1.28. The van der Waals surface area contributed by atoms with Gasteiger partial charge >= 0.3 is 6.03 Å². The van der Waals surface area contributed by atoms with E-state index in [4.69, 9.17) is 11.6 Å². The summed E-state index contributed by atoms with van der Waals surface area (Å²) >= 11 is 6.02. The smallest absolute Gasteiger partial charge is 0.319 e. The molecule has 2 aliphatic heterocycles. The van der Waals surface area contributed by atoms with E-state index in [1.807, 2.05) is 19.1 Å². The van der Waals surface area contributed by atoms with Crippen molar-refractivity contribution in [1.29, 1.82) is 0 Å². The van der Waals surface area contributed by atoms with Gasteiger partial charge in [-0.2, -0.15) is 0 Å². The van der Waals surface area contributed by atoms with Crippen LogP contribution in [0.5, 0.6) is 0 Å². The third-order valence-electron chi connectivity index (χ3n) is 6.80. The molecule has 2 aromatic rings. The zero-order valence-electron chi connectivity index (χ0n) is 19.1. The van der Waals surface area contributed by atoms with Crippen LogP contribution in [-0.2, 0) is 16.3 Å². The van der Waals surface area contributed by atoms with Crippen LogP contribution in [0.1, 0.15) is 38.2 Å². The number of carbonyl (C=O) groups is 1. The first kappa shape index (κ1) is 24.0. The first-order chi connectivity index (χ1) is 15.7. The van der Waals surface area contributed by atoms with Crippen molar-refractivity contribution in [1.82, 2.24) is 10.2 Å². The third-order valence-corrected chi connectivity index (χ3v) is 8.16. The zero-order chi connectivity index (χ0) is 23.6. The minimum absolute atomic E-state index is 0.0148. The summed E-state index contributed by atoms with van der Waals surface area (Å²) in [6.45, 7) is 2.84. The van der Waals surface area contributed by atoms with E-state index in [0.717, 1.165) is 24.2 Å². The third kappa shape index (κ3) is 6.28. The van der Waals surface area contributed by atoms with E-state index >= 15 is 0 Å². The molecule has 2 saturated heterocycles. The van der Waals surface area contributed by atoms with Gasteiger partial charge in [-0.15, -0.1) is 0 Å². The number of nitrogens with one attached hydrogen (secondary N) is 2. The molecule has 0 aliphatic carbocycles. The number of halogens is 1. The van der Waals surface area contributed by atoms with Crippen molar-refractivity contribution in [2.45, 2.75) is 62.0 Å². The van der Waals surface area contributed by atoms with Crippen LogP contribution in [0.25, 0.3) is 0 Å². The second-order valence-corrected chi connectivity index (χ2v) is 12.0. The van der Waals surface area contributed by atoms with Crippen molar-refractivity contribution in [2.24, 2.45) is 5.92 Å². The summed E-state index contributed by atoms with van der Waals surface area (Å²) in [6, 6.07) is 15.3. The molecule has 2 aromatic carbocycles. The average molecular weight is 490 g/mol. The Morgan fingerprint density at radius 1 is 1.12 bits per heavy atom. The van der Waals surface area contributed by atoms with Gasteiger partial charge in [-0.3, -0.25) is 4.90 Å². The van der Waals surface area contributed by atoms with Crippen molar-refractivity contribution in [3.63, 3.8) is 0 Å². The number of urea groups is 1. The number of amides is 2. The van der Waals surface area contributed by atoms with Gasteiger partial charge in [-0.05, 0) is 80.8 Å². The Bertz CT molecular complexity index is 1080. The minimum Gasteiger partial charge on any atom is -0.334 e. The lowest BCUT2D eigenvalue weighted by molar-refractivity contribution is 0.0955. The largest absolute Gasteiger partial charge is 0.334 e. The van der Waals surface area contributed by atoms with Gasteiger partial charge in [0, 0.05) is 41.6 Å². The zero-order valence-corrected chi connectivity index (χ0v) is 20.7. The first-order valence-electron chi connectivity index (χ1n) is 11.5. The summed E-state index contributed by atoms with van der Waals surface area (Å²) in [7, 11) is -3.32. The fourth-order valence-electron chi connectivity index (χ4n) is 5.36. The van der Waals surface area contributed by atoms with Crippen molar-refractivity contribution in [3.8, 4) is 0 Å². The van der Waals surface area contributed by atoms with E-state index < -0.39 is 9.84 Å². The van der Waals surface area contributed by atoms with Gasteiger partial charge in [-0.1, -0.05) is 29.8 Å². The quantitative estimate of drug-likeness (QED) is 0.588. The monoisotopic (exact) mass is 489 g/mol. The Labute approximate surface area is 201 Å². The van der Waals surface area contributed by atoms with Crippen LogP contribution in [0.3, 0.4) is 0 Å². The molecule has 1 unspecified atom stereocenters. The number of carbonyl (C=O) groups excluding carboxylic acids is 1. The van der Waals surface area contributed by atoms with Crippen molar-refractivity contribution < 1.29 is 13.2 Å². The highest BCUT2D eigenvalue weighted by molar-refractivity contribution is 7.90. The van der Waals surface area contributed by atoms with Crippen LogP contribution in [0.15, 0.2) is 53.4 Å². The lowest BCUT2D eigenvalue weighted by Gasteiger charge is -2.40. The number of hydrogen-bond donors (Lipinski definition) is 2. The van der Waals surface area contributed by atoms with Crippen molar-refractivity contribution in [2.75, 3.05) is 18.1 Å². The summed E-state index contributed by atoms with van der Waals surface area (Å²) in [5.74, 6) is 0.689. The number of sulfone groups is 1. The number of anilines is 1. The lowest BCUT2D eigenvalue weighted by atomic mass is 9.85. The molecule has 4 rings (SSSR count). The molecule has 6 nitrogen and oxygen atoms in total. The number of fused-ring (bicyclic) bond motifs is 2. The molecule has 0 spiro atoms. The molecule has 2 amide bonds. The van der Waals surface area contributed by atoms with Crippen LogP contribution in [-0.4, -0.2) is 50.3 Å². The standard InChI is InChI=1S/C25H32ClN3O3S/c1-17(27-25(30)28-21-4-3-5-24(15-21)33(2,31)32)16-29-22-10-11-23(29)14-19(13-22)12-18-6-8-20(26)9-7-18/h3-9,15,17,19,22-23H,10-14,16H2,1-2H3,(H2,27,28,30)/t17-,19?,22-,23+/m1/s1. The average Bonchev–Trinajstić information content (AvgIpc) is 2.97. The Kier molecular flexibility index (Phi) is 7.31. The minimum atomic E-state index is -3.32. The number of benzene rings is 2. The maximum absolute atomic E-state index is 12.5. The second-order valence-electron chi connectivity index (χ2n) is 9.55. The SMILES string of the molecule is C[C@H](CN1[C@@H]2CC[C@H]1CC(Cc1ccc(Cl)cc1)C2)NC(=O)Nc1cccc(S(C)(=O)=O)c1. The van der Waals surface area contributed by atoms with E-state index in [1.165, 1.54) is 43.4 Å². The molecule has 2 heterocycles. The molecule has 178 valence electrons. The predicted octanol–water partition coefficient (Wildman–Crippen LogP) is 4.74. The number of hydrogen-bond acceptors (Lipinski definition) is 4. The second kappa shape index (κ2) is 10.0. The highest BCUT2D eigenvalue weighted by atomic mass is 35.5. The van der Waals surface area contributed by atoms with Crippen molar-refractivity contribution >= 4 is 33.2 Å². The number of nitrogens with zero attached hydrogens (tertiary/aromatic N) is 1. The maximum atomic E-state index is 12.5. The number of rotatable bonds is 7. The van der Waals surface area contributed by atoms with Crippen LogP contribution in [0.2, 0.25) is 5.02 Å². The molecule has 4 atom stereocenters. The van der Waals surface area contributed by atoms with Gasteiger partial charge in [0.1, 0.15) is 0 Å². The molecule has 0 aromatic heterocycles. The van der Waals surface area contributed by atoms with E-state index in [1.54, 1.807) is 12.1 Å². The molecule has 2 fully saturated rings. The summed E-state index contributed by atoms with van der Waals surface area (Å²) in [5.41, 5.74) is 1.81. The van der Waals surface area contributed by atoms with E-state index in [2.05, 4.69) is 27.7 Å². The van der Waals surface area contributed by atoms with Crippen LogP contribution < -0.4 is 10.6 Å². The molecule has 33 heavy (non-hydrogen) atoms. The summed E-state index contributed by atoms with van der Waals surface area (Å²) in [5, 5.41) is 6.54. The molecule has 2 bridgehead atoms. The van der Waals surface area contributed by atoms with E-state index in [0.29, 0.717) is 23.7 Å². The molecule has 0 saturated carbocycles. The van der Waals surface area contributed by atoms with Gasteiger partial charge in [-0.25, -0.2) is 13.2 Å². The highest BCUT2D eigenvalue weighted by Gasteiger charge is 2.40. The Morgan fingerprint density at radius 2 is 1.79 bits per heavy atom. The fraction of sp³-hybridized carbons (Fsp3) is 0.480. The van der Waals surface area contributed by atoms with Crippen LogP contribution in [0, 0.1) is 5.92 Å². The summed E-state index contributed by atoms with van der Waals surface area (Å²) < 4.78 is 23.5. The first-order valence-corrected chi connectivity index (χ1v) is 13.8. The maximum Gasteiger partial charge on any atom is 0.319 e. The Morgan fingerprint density at radius 3 is 2.42 bits per heavy atom. The Hall–Kier alpha value is -2.09. The van der Waals surface area contributed by atoms with E-state index in [9.17, 15) is 13.2 Å². The van der Waals surface area contributed by atoms with Crippen molar-refractivity contribution in [3.05, 3.63) is 59.1 Å². The van der Waals surface area contributed by atoms with Gasteiger partial charge in [0.2, 0.25) is 0 Å². The van der Waals surface area contributed by atoms with Gasteiger partial charge in [0.15, 0.2) is 9.84 Å². The summed E-state index contributed by atoms with van der Waals surface area (Å²) in [6.07, 6.45) is 7.08. The topological polar surface area (TPSA) is 78.5 Å². The van der Waals surface area contributed by atoms with Gasteiger partial charge < -0.3 is 10.6 Å². The predicted molar refractivity (Wildman–Crippen MR) is 133 cm³/mol. The fourth-order valence-corrected chi connectivity index (χ4v) is 6.16. The molecular weight excluding hydrogens is 458 g/mol. The molecule has 2 aliphatic rings. The van der Waals surface area contributed by atoms with Crippen LogP contribution in [0.4, 0.5) is 10.5 Å². The number of piperidine rings is 1. The molecule has 8 heteroatoms. The van der Waals surface area contributed by atoms with Crippen LogP contribution >= 0.6 is 11.6 Å².